The second-order valence-electron chi connectivity index (χ2n) is 5.57. The van der Waals surface area contributed by atoms with Crippen LogP contribution in [0.2, 0.25) is 0 Å². The minimum absolute atomic E-state index is 0.476. The molecule has 1 aliphatic rings. The summed E-state index contributed by atoms with van der Waals surface area (Å²) in [5.74, 6) is 1.19. The number of hydrogen-bond acceptors (Lipinski definition) is 2. The van der Waals surface area contributed by atoms with Crippen molar-refractivity contribution in [3.63, 3.8) is 0 Å². The van der Waals surface area contributed by atoms with Gasteiger partial charge in [0, 0.05) is 7.05 Å². The van der Waals surface area contributed by atoms with Crippen LogP contribution in [0.3, 0.4) is 0 Å². The van der Waals surface area contributed by atoms with E-state index in [9.17, 15) is 0 Å². The average molecular weight is 255 g/mol. The average Bonchev–Trinajstić information content (AvgIpc) is 2.97. The van der Waals surface area contributed by atoms with E-state index in [-0.39, 0.29) is 0 Å². The highest BCUT2D eigenvalue weighted by Crippen LogP contribution is 2.31. The third kappa shape index (κ3) is 2.19. The first kappa shape index (κ1) is 12.4. The van der Waals surface area contributed by atoms with Gasteiger partial charge >= 0.3 is 0 Å². The van der Waals surface area contributed by atoms with Gasteiger partial charge in [-0.05, 0) is 38.9 Å². The van der Waals surface area contributed by atoms with E-state index in [1.165, 1.54) is 42.0 Å². The predicted molar refractivity (Wildman–Crippen MR) is 78.0 cm³/mol. The van der Waals surface area contributed by atoms with E-state index in [4.69, 9.17) is 0 Å². The summed E-state index contributed by atoms with van der Waals surface area (Å²) in [6.45, 7) is 3.29. The lowest BCUT2D eigenvalue weighted by Gasteiger charge is -2.19. The Morgan fingerprint density at radius 2 is 1.89 bits per heavy atom. The van der Waals surface area contributed by atoms with Gasteiger partial charge in [0.15, 0.2) is 0 Å². The van der Waals surface area contributed by atoms with Crippen molar-refractivity contribution in [3.8, 4) is 11.3 Å². The SMILES string of the molecule is Cc1ccc(-c2cnc(C3CCCN3C)n2C)cc1. The van der Waals surface area contributed by atoms with Gasteiger partial charge in [0.05, 0.1) is 17.9 Å². The first-order chi connectivity index (χ1) is 9.16. The van der Waals surface area contributed by atoms with Gasteiger partial charge in [-0.25, -0.2) is 4.98 Å². The fourth-order valence-corrected chi connectivity index (χ4v) is 2.96. The molecular formula is C16H21N3. The number of aromatic nitrogens is 2. The minimum atomic E-state index is 0.476. The summed E-state index contributed by atoms with van der Waals surface area (Å²) < 4.78 is 2.25. The summed E-state index contributed by atoms with van der Waals surface area (Å²) >= 11 is 0. The molecule has 3 rings (SSSR count). The fraction of sp³-hybridized carbons (Fsp3) is 0.438. The quantitative estimate of drug-likeness (QED) is 0.822. The largest absolute Gasteiger partial charge is 0.330 e. The molecule has 1 aliphatic heterocycles. The number of nitrogens with zero attached hydrogens (tertiary/aromatic N) is 3. The predicted octanol–water partition coefficient (Wildman–Crippen LogP) is 3.16. The van der Waals surface area contributed by atoms with Crippen LogP contribution in [0.25, 0.3) is 11.3 Å². The molecule has 3 heteroatoms. The topological polar surface area (TPSA) is 21.1 Å². The van der Waals surface area contributed by atoms with E-state index in [2.05, 4.69) is 59.7 Å². The summed E-state index contributed by atoms with van der Waals surface area (Å²) in [6.07, 6.45) is 4.49. The summed E-state index contributed by atoms with van der Waals surface area (Å²) in [7, 11) is 4.32. The van der Waals surface area contributed by atoms with Gasteiger partial charge in [0.1, 0.15) is 5.82 Å². The standard InChI is InChI=1S/C16H21N3/c1-12-6-8-13(9-7-12)15-11-17-16(19(15)3)14-5-4-10-18(14)2/h6-9,11,14H,4-5,10H2,1-3H3. The Morgan fingerprint density at radius 3 is 2.53 bits per heavy atom. The number of rotatable bonds is 2. The normalized spacial score (nSPS) is 20.1. The van der Waals surface area contributed by atoms with E-state index in [1.54, 1.807) is 0 Å². The fourth-order valence-electron chi connectivity index (χ4n) is 2.96. The van der Waals surface area contributed by atoms with Gasteiger partial charge in [-0.1, -0.05) is 29.8 Å². The smallest absolute Gasteiger partial charge is 0.126 e. The molecule has 2 aromatic rings. The lowest BCUT2D eigenvalue weighted by molar-refractivity contribution is 0.301. The molecule has 2 heterocycles. The van der Waals surface area contributed by atoms with Gasteiger partial charge in [0.2, 0.25) is 0 Å². The second kappa shape index (κ2) is 4.82. The zero-order valence-corrected chi connectivity index (χ0v) is 11.9. The first-order valence-electron chi connectivity index (χ1n) is 6.95. The molecule has 0 N–H and O–H groups in total. The number of imidazole rings is 1. The maximum atomic E-state index is 4.67. The number of benzene rings is 1. The van der Waals surface area contributed by atoms with Gasteiger partial charge in [-0.15, -0.1) is 0 Å². The third-order valence-corrected chi connectivity index (χ3v) is 4.19. The highest BCUT2D eigenvalue weighted by molar-refractivity contribution is 5.59. The molecule has 0 radical (unpaired) electrons. The van der Waals surface area contributed by atoms with Crippen LogP contribution in [0.15, 0.2) is 30.5 Å². The van der Waals surface area contributed by atoms with E-state index < -0.39 is 0 Å². The number of aryl methyl sites for hydroxylation is 1. The van der Waals surface area contributed by atoms with Crippen molar-refractivity contribution >= 4 is 0 Å². The highest BCUT2D eigenvalue weighted by Gasteiger charge is 2.26. The van der Waals surface area contributed by atoms with Crippen LogP contribution in [-0.4, -0.2) is 28.0 Å². The van der Waals surface area contributed by atoms with Crippen LogP contribution >= 0.6 is 0 Å². The maximum absolute atomic E-state index is 4.67. The molecule has 1 unspecified atom stereocenters. The highest BCUT2D eigenvalue weighted by atomic mass is 15.2. The van der Waals surface area contributed by atoms with Crippen LogP contribution in [0.4, 0.5) is 0 Å². The Kier molecular flexibility index (Phi) is 3.15. The molecule has 1 aromatic heterocycles. The summed E-state index contributed by atoms with van der Waals surface area (Å²) in [5, 5.41) is 0. The third-order valence-electron chi connectivity index (χ3n) is 4.19. The maximum Gasteiger partial charge on any atom is 0.126 e. The van der Waals surface area contributed by atoms with E-state index in [0.29, 0.717) is 6.04 Å². The molecule has 1 aromatic carbocycles. The first-order valence-corrected chi connectivity index (χ1v) is 6.95. The molecule has 1 fully saturated rings. The van der Waals surface area contributed by atoms with Gasteiger partial charge in [0.25, 0.3) is 0 Å². The van der Waals surface area contributed by atoms with Gasteiger partial charge in [-0.3, -0.25) is 4.90 Å². The zero-order valence-electron chi connectivity index (χ0n) is 11.9. The van der Waals surface area contributed by atoms with Crippen molar-refractivity contribution in [2.24, 2.45) is 7.05 Å². The molecule has 0 amide bonds. The second-order valence-corrected chi connectivity index (χ2v) is 5.57. The van der Waals surface area contributed by atoms with Crippen LogP contribution in [-0.2, 0) is 7.05 Å². The Bertz CT molecular complexity index is 568. The zero-order chi connectivity index (χ0) is 13.4. The molecule has 0 bridgehead atoms. The van der Waals surface area contributed by atoms with E-state index in [1.807, 2.05) is 6.20 Å². The van der Waals surface area contributed by atoms with Gasteiger partial charge < -0.3 is 4.57 Å². The molecule has 19 heavy (non-hydrogen) atoms. The lowest BCUT2D eigenvalue weighted by Crippen LogP contribution is -2.20. The molecule has 3 nitrogen and oxygen atoms in total. The van der Waals surface area contributed by atoms with Crippen molar-refractivity contribution < 1.29 is 0 Å². The van der Waals surface area contributed by atoms with Crippen LogP contribution in [0.1, 0.15) is 30.3 Å². The Labute approximate surface area is 114 Å². The summed E-state index contributed by atoms with van der Waals surface area (Å²) in [6, 6.07) is 9.14. The Hall–Kier alpha value is -1.61. The molecule has 0 spiro atoms. The van der Waals surface area contributed by atoms with Crippen LogP contribution < -0.4 is 0 Å². The molecule has 0 saturated carbocycles. The monoisotopic (exact) mass is 255 g/mol. The summed E-state index contributed by atoms with van der Waals surface area (Å²) in [5.41, 5.74) is 3.74. The van der Waals surface area contributed by atoms with Crippen LogP contribution in [0.5, 0.6) is 0 Å². The van der Waals surface area contributed by atoms with E-state index in [0.717, 1.165) is 0 Å². The van der Waals surface area contributed by atoms with E-state index >= 15 is 0 Å². The number of hydrogen-bond donors (Lipinski definition) is 0. The van der Waals surface area contributed by atoms with Gasteiger partial charge in [-0.2, -0.15) is 0 Å². The molecular weight excluding hydrogens is 234 g/mol. The molecule has 0 aliphatic carbocycles. The van der Waals surface area contributed by atoms with Crippen molar-refractivity contribution in [3.05, 3.63) is 41.9 Å². The minimum Gasteiger partial charge on any atom is -0.330 e. The van der Waals surface area contributed by atoms with Crippen molar-refractivity contribution in [2.75, 3.05) is 13.6 Å². The van der Waals surface area contributed by atoms with Crippen LogP contribution in [0, 0.1) is 6.92 Å². The Balaban J connectivity index is 1.96. The van der Waals surface area contributed by atoms with Crippen molar-refractivity contribution in [1.82, 2.24) is 14.5 Å². The molecule has 100 valence electrons. The van der Waals surface area contributed by atoms with Crippen molar-refractivity contribution in [2.45, 2.75) is 25.8 Å². The van der Waals surface area contributed by atoms with Crippen molar-refractivity contribution in [1.29, 1.82) is 0 Å². The lowest BCUT2D eigenvalue weighted by atomic mass is 10.1. The molecule has 1 atom stereocenters. The molecule has 1 saturated heterocycles. The number of likely N-dealkylation sites (tertiary alicyclic amines) is 1. The Morgan fingerprint density at radius 1 is 1.16 bits per heavy atom. The summed E-state index contributed by atoms with van der Waals surface area (Å²) in [4.78, 5) is 7.07.